The summed E-state index contributed by atoms with van der Waals surface area (Å²) in [6, 6.07) is 3.68. The summed E-state index contributed by atoms with van der Waals surface area (Å²) in [5.41, 5.74) is 0.753. The monoisotopic (exact) mass is 289 g/mol. The lowest BCUT2D eigenvalue weighted by Crippen LogP contribution is -2.45. The first kappa shape index (κ1) is 14.5. The number of nitrogens with zero attached hydrogens (tertiary/aromatic N) is 2. The maximum absolute atomic E-state index is 12.4. The van der Waals surface area contributed by atoms with Crippen molar-refractivity contribution in [2.24, 2.45) is 11.8 Å². The van der Waals surface area contributed by atoms with Crippen LogP contribution in [0.1, 0.15) is 20.3 Å². The smallest absolute Gasteiger partial charge is 0.230 e. The Morgan fingerprint density at radius 2 is 2.38 bits per heavy atom. The van der Waals surface area contributed by atoms with Gasteiger partial charge in [0.1, 0.15) is 0 Å². The van der Waals surface area contributed by atoms with Crippen molar-refractivity contribution in [2.45, 2.75) is 32.5 Å². The van der Waals surface area contributed by atoms with Gasteiger partial charge >= 0.3 is 0 Å². The molecule has 0 radical (unpaired) electrons. The van der Waals surface area contributed by atoms with Crippen LogP contribution in [0.25, 0.3) is 0 Å². The predicted octanol–water partition coefficient (Wildman–Crippen LogP) is 1.77. The van der Waals surface area contributed by atoms with Crippen molar-refractivity contribution in [3.05, 3.63) is 24.5 Å². The first-order chi connectivity index (χ1) is 10.1. The number of ether oxygens (including phenoxy) is 1. The van der Waals surface area contributed by atoms with Gasteiger partial charge in [-0.3, -0.25) is 14.7 Å². The number of nitrogens with one attached hydrogen (secondary N) is 1. The van der Waals surface area contributed by atoms with E-state index in [0.717, 1.165) is 31.7 Å². The molecule has 0 aromatic carbocycles. The van der Waals surface area contributed by atoms with Gasteiger partial charge in [0.05, 0.1) is 30.0 Å². The number of likely N-dealkylation sites (tertiary alicyclic amines) is 1. The molecular weight excluding hydrogens is 266 g/mol. The highest BCUT2D eigenvalue weighted by Gasteiger charge is 2.44. The van der Waals surface area contributed by atoms with E-state index >= 15 is 0 Å². The van der Waals surface area contributed by atoms with Gasteiger partial charge in [0.15, 0.2) is 0 Å². The van der Waals surface area contributed by atoms with E-state index in [2.05, 4.69) is 29.0 Å². The van der Waals surface area contributed by atoms with Crippen LogP contribution in [0.3, 0.4) is 0 Å². The molecule has 3 rings (SSSR count). The number of hydrogen-bond donors (Lipinski definition) is 1. The average Bonchev–Trinajstić information content (AvgIpc) is 2.74. The van der Waals surface area contributed by atoms with Gasteiger partial charge in [0.25, 0.3) is 0 Å². The number of rotatable bonds is 4. The van der Waals surface area contributed by atoms with Crippen LogP contribution in [-0.4, -0.2) is 47.6 Å². The molecule has 1 N–H and O–H groups in total. The van der Waals surface area contributed by atoms with Gasteiger partial charge in [-0.05, 0) is 24.5 Å². The maximum atomic E-state index is 12.4. The average molecular weight is 289 g/mol. The third-order valence-electron chi connectivity index (χ3n) is 4.12. The minimum atomic E-state index is -0.0487. The van der Waals surface area contributed by atoms with E-state index in [4.69, 9.17) is 4.74 Å². The van der Waals surface area contributed by atoms with E-state index in [-0.39, 0.29) is 24.0 Å². The van der Waals surface area contributed by atoms with Gasteiger partial charge in [0.2, 0.25) is 5.91 Å². The number of carbonyl (C=O) groups excluding carboxylic acids is 1. The first-order valence-corrected chi connectivity index (χ1v) is 7.70. The fraction of sp³-hybridized carbons (Fsp3) is 0.625. The Morgan fingerprint density at radius 3 is 3.10 bits per heavy atom. The molecule has 0 aliphatic carbocycles. The Morgan fingerprint density at radius 1 is 1.52 bits per heavy atom. The zero-order valence-corrected chi connectivity index (χ0v) is 12.7. The molecule has 3 heterocycles. The zero-order chi connectivity index (χ0) is 14.8. The van der Waals surface area contributed by atoms with E-state index < -0.39 is 0 Å². The lowest BCUT2D eigenvalue weighted by atomic mass is 9.99. The van der Waals surface area contributed by atoms with Crippen molar-refractivity contribution in [1.82, 2.24) is 9.88 Å². The van der Waals surface area contributed by atoms with Gasteiger partial charge in [-0.15, -0.1) is 0 Å². The molecule has 0 unspecified atom stereocenters. The summed E-state index contributed by atoms with van der Waals surface area (Å²) in [4.78, 5) is 18.9. The molecule has 5 nitrogen and oxygen atoms in total. The number of carbonyl (C=O) groups is 1. The van der Waals surface area contributed by atoms with Crippen LogP contribution in [0.2, 0.25) is 0 Å². The van der Waals surface area contributed by atoms with E-state index in [1.807, 2.05) is 12.1 Å². The number of pyridine rings is 1. The van der Waals surface area contributed by atoms with Gasteiger partial charge in [-0.1, -0.05) is 13.8 Å². The Balaban J connectivity index is 1.61. The van der Waals surface area contributed by atoms with Gasteiger partial charge in [0, 0.05) is 25.8 Å². The third kappa shape index (κ3) is 3.41. The highest BCUT2D eigenvalue weighted by molar-refractivity contribution is 5.93. The third-order valence-corrected chi connectivity index (χ3v) is 4.12. The second-order valence-electron chi connectivity index (χ2n) is 6.48. The molecule has 114 valence electrons. The van der Waals surface area contributed by atoms with Crippen LogP contribution in [0, 0.1) is 11.8 Å². The molecule has 1 aromatic heterocycles. The quantitative estimate of drug-likeness (QED) is 0.918. The Hall–Kier alpha value is -1.46. The summed E-state index contributed by atoms with van der Waals surface area (Å²) in [5, 5.41) is 2.95. The molecule has 1 aromatic rings. The topological polar surface area (TPSA) is 54.5 Å². The Kier molecular flexibility index (Phi) is 4.22. The van der Waals surface area contributed by atoms with Crippen LogP contribution >= 0.6 is 0 Å². The van der Waals surface area contributed by atoms with Crippen molar-refractivity contribution in [2.75, 3.05) is 25.0 Å². The molecule has 1 amide bonds. The number of amides is 1. The summed E-state index contributed by atoms with van der Waals surface area (Å²) >= 11 is 0. The Labute approximate surface area is 125 Å². The molecular formula is C16H23N3O2. The summed E-state index contributed by atoms with van der Waals surface area (Å²) < 4.78 is 5.96. The second kappa shape index (κ2) is 6.12. The largest absolute Gasteiger partial charge is 0.371 e. The zero-order valence-electron chi connectivity index (χ0n) is 12.7. The number of morpholine rings is 1. The van der Waals surface area contributed by atoms with Crippen LogP contribution in [0.5, 0.6) is 0 Å². The summed E-state index contributed by atoms with van der Waals surface area (Å²) in [6.07, 6.45) is 4.42. The molecule has 3 atom stereocenters. The van der Waals surface area contributed by atoms with E-state index in [9.17, 15) is 4.79 Å². The molecule has 2 aliphatic heterocycles. The maximum Gasteiger partial charge on any atom is 0.230 e. The summed E-state index contributed by atoms with van der Waals surface area (Å²) in [5.74, 6) is 0.652. The molecule has 0 spiro atoms. The van der Waals surface area contributed by atoms with Crippen LogP contribution in [-0.2, 0) is 9.53 Å². The lowest BCUT2D eigenvalue weighted by Gasteiger charge is -2.33. The molecule has 2 fully saturated rings. The Bertz CT molecular complexity index is 492. The van der Waals surface area contributed by atoms with Crippen molar-refractivity contribution >= 4 is 11.6 Å². The molecule has 2 saturated heterocycles. The minimum Gasteiger partial charge on any atom is -0.371 e. The SMILES string of the molecule is CC(C)CN1C[C@@H]2C[C@@H](C(=O)Nc3cccnc3)[C@H](C1)O2. The number of anilines is 1. The normalized spacial score (nSPS) is 28.8. The number of hydrogen-bond acceptors (Lipinski definition) is 4. The number of fused-ring (bicyclic) bond motifs is 2. The standard InChI is InChI=1S/C16H23N3O2/c1-11(2)8-19-9-13-6-14(15(10-19)21-13)16(20)18-12-4-3-5-17-7-12/h3-5,7,11,13-15H,6,8-10H2,1-2H3,(H,18,20)/t13-,14+,15-/m0/s1. The van der Waals surface area contributed by atoms with Gasteiger partial charge < -0.3 is 10.1 Å². The fourth-order valence-corrected chi connectivity index (χ4v) is 3.35. The summed E-state index contributed by atoms with van der Waals surface area (Å²) in [6.45, 7) is 7.34. The fourth-order valence-electron chi connectivity index (χ4n) is 3.35. The van der Waals surface area contributed by atoms with Crippen LogP contribution in [0.15, 0.2) is 24.5 Å². The minimum absolute atomic E-state index is 0.0270. The summed E-state index contributed by atoms with van der Waals surface area (Å²) in [7, 11) is 0. The van der Waals surface area contributed by atoms with Gasteiger partial charge in [-0.25, -0.2) is 0 Å². The lowest BCUT2D eigenvalue weighted by molar-refractivity contribution is -0.123. The van der Waals surface area contributed by atoms with E-state index in [1.165, 1.54) is 0 Å². The van der Waals surface area contributed by atoms with Crippen LogP contribution in [0.4, 0.5) is 5.69 Å². The molecule has 2 bridgehead atoms. The van der Waals surface area contributed by atoms with Crippen molar-refractivity contribution in [3.8, 4) is 0 Å². The number of aromatic nitrogens is 1. The molecule has 2 aliphatic rings. The second-order valence-corrected chi connectivity index (χ2v) is 6.48. The van der Waals surface area contributed by atoms with Gasteiger partial charge in [-0.2, -0.15) is 0 Å². The van der Waals surface area contributed by atoms with E-state index in [1.54, 1.807) is 12.4 Å². The molecule has 0 saturated carbocycles. The highest BCUT2D eigenvalue weighted by Crippen LogP contribution is 2.33. The van der Waals surface area contributed by atoms with Crippen molar-refractivity contribution in [1.29, 1.82) is 0 Å². The molecule has 5 heteroatoms. The first-order valence-electron chi connectivity index (χ1n) is 7.70. The molecule has 21 heavy (non-hydrogen) atoms. The highest BCUT2D eigenvalue weighted by atomic mass is 16.5. The van der Waals surface area contributed by atoms with E-state index in [0.29, 0.717) is 5.92 Å². The van der Waals surface area contributed by atoms with Crippen molar-refractivity contribution in [3.63, 3.8) is 0 Å². The van der Waals surface area contributed by atoms with Crippen molar-refractivity contribution < 1.29 is 9.53 Å². The predicted molar refractivity (Wildman–Crippen MR) is 80.9 cm³/mol. The van der Waals surface area contributed by atoms with Crippen LogP contribution < -0.4 is 5.32 Å².